The van der Waals surface area contributed by atoms with Gasteiger partial charge in [0.2, 0.25) is 5.91 Å². The molecule has 0 aliphatic carbocycles. The molecular formula is C9H19NO2. The second-order valence-corrected chi connectivity index (χ2v) is 4.19. The second-order valence-electron chi connectivity index (χ2n) is 4.19. The van der Waals surface area contributed by atoms with Crippen LogP contribution in [0.1, 0.15) is 27.7 Å². The lowest BCUT2D eigenvalue weighted by Crippen LogP contribution is -2.37. The summed E-state index contributed by atoms with van der Waals surface area (Å²) in [4.78, 5) is 11.1. The molecule has 3 nitrogen and oxygen atoms in total. The van der Waals surface area contributed by atoms with Crippen LogP contribution in [0.3, 0.4) is 0 Å². The molecule has 0 saturated carbocycles. The van der Waals surface area contributed by atoms with E-state index in [1.54, 1.807) is 0 Å². The van der Waals surface area contributed by atoms with Crippen molar-refractivity contribution < 1.29 is 9.90 Å². The molecule has 0 rings (SSSR count). The van der Waals surface area contributed by atoms with Gasteiger partial charge in [0.25, 0.3) is 0 Å². The van der Waals surface area contributed by atoms with Gasteiger partial charge in [0, 0.05) is 24.5 Å². The smallest absolute Gasteiger partial charge is 0.222 e. The number of carbonyl (C=O) groups is 1. The van der Waals surface area contributed by atoms with E-state index in [1.807, 2.05) is 27.7 Å². The third-order valence-corrected chi connectivity index (χ3v) is 1.69. The van der Waals surface area contributed by atoms with E-state index in [2.05, 4.69) is 5.32 Å². The minimum Gasteiger partial charge on any atom is -0.396 e. The van der Waals surface area contributed by atoms with Crippen molar-refractivity contribution in [3.8, 4) is 0 Å². The summed E-state index contributed by atoms with van der Waals surface area (Å²) in [6.45, 7) is 8.13. The van der Waals surface area contributed by atoms with Crippen molar-refractivity contribution in [2.75, 3.05) is 13.2 Å². The third-order valence-electron chi connectivity index (χ3n) is 1.69. The molecule has 0 aromatic carbocycles. The Labute approximate surface area is 74.2 Å². The van der Waals surface area contributed by atoms with Crippen molar-refractivity contribution in [1.29, 1.82) is 0 Å². The summed E-state index contributed by atoms with van der Waals surface area (Å²) in [6.07, 6.45) is 0. The zero-order chi connectivity index (χ0) is 9.78. The minimum absolute atomic E-state index is 0.0134. The Morgan fingerprint density at radius 2 is 2.00 bits per heavy atom. The van der Waals surface area contributed by atoms with E-state index in [4.69, 9.17) is 5.11 Å². The molecule has 2 N–H and O–H groups in total. The molecular weight excluding hydrogens is 154 g/mol. The number of aliphatic hydroxyl groups excluding tert-OH is 1. The summed E-state index contributed by atoms with van der Waals surface area (Å²) in [6, 6.07) is 0. The van der Waals surface area contributed by atoms with Gasteiger partial charge in [-0.2, -0.15) is 0 Å². The van der Waals surface area contributed by atoms with Gasteiger partial charge in [0.15, 0.2) is 0 Å². The summed E-state index contributed by atoms with van der Waals surface area (Å²) in [5, 5.41) is 11.7. The van der Waals surface area contributed by atoms with Crippen LogP contribution in [0.2, 0.25) is 0 Å². The quantitative estimate of drug-likeness (QED) is 0.660. The summed E-state index contributed by atoms with van der Waals surface area (Å²) in [5.41, 5.74) is -0.218. The fraction of sp³-hybridized carbons (Fsp3) is 0.889. The predicted octanol–water partition coefficient (Wildman–Crippen LogP) is 0.777. The molecule has 3 heteroatoms. The average Bonchev–Trinajstić information content (AvgIpc) is 2.00. The summed E-state index contributed by atoms with van der Waals surface area (Å²) in [5.74, 6) is 0.0519. The van der Waals surface area contributed by atoms with E-state index in [1.165, 1.54) is 0 Å². The maximum atomic E-state index is 11.1. The van der Waals surface area contributed by atoms with Crippen LogP contribution < -0.4 is 5.32 Å². The summed E-state index contributed by atoms with van der Waals surface area (Å²) < 4.78 is 0. The molecule has 1 amide bonds. The lowest BCUT2D eigenvalue weighted by atomic mass is 9.95. The van der Waals surface area contributed by atoms with Gasteiger partial charge in [0.05, 0.1) is 0 Å². The number of amides is 1. The van der Waals surface area contributed by atoms with Crippen LogP contribution >= 0.6 is 0 Å². The van der Waals surface area contributed by atoms with Gasteiger partial charge in [-0.25, -0.2) is 0 Å². The van der Waals surface area contributed by atoms with E-state index >= 15 is 0 Å². The monoisotopic (exact) mass is 173 g/mol. The van der Waals surface area contributed by atoms with Crippen LogP contribution in [0.15, 0.2) is 0 Å². The van der Waals surface area contributed by atoms with Crippen LogP contribution in [0.5, 0.6) is 0 Å². The number of carbonyl (C=O) groups excluding carboxylic acids is 1. The molecule has 12 heavy (non-hydrogen) atoms. The second kappa shape index (κ2) is 4.45. The van der Waals surface area contributed by atoms with E-state index < -0.39 is 0 Å². The van der Waals surface area contributed by atoms with Gasteiger partial charge < -0.3 is 10.4 Å². The minimum atomic E-state index is -0.218. The predicted molar refractivity (Wildman–Crippen MR) is 48.7 cm³/mol. The van der Waals surface area contributed by atoms with Gasteiger partial charge in [-0.05, 0) is 0 Å². The Morgan fingerprint density at radius 3 is 2.33 bits per heavy atom. The van der Waals surface area contributed by atoms with Crippen molar-refractivity contribution in [3.63, 3.8) is 0 Å². The van der Waals surface area contributed by atoms with Crippen LogP contribution in [0.25, 0.3) is 0 Å². The number of rotatable bonds is 4. The lowest BCUT2D eigenvalue weighted by Gasteiger charge is -2.22. The Bertz CT molecular complexity index is 153. The number of hydrogen-bond acceptors (Lipinski definition) is 2. The first kappa shape index (κ1) is 11.4. The van der Waals surface area contributed by atoms with Crippen molar-refractivity contribution >= 4 is 5.91 Å². The Balaban J connectivity index is 3.76. The molecule has 0 fully saturated rings. The standard InChI is InChI=1S/C9H19NO2/c1-7(2)8(12)10-5-9(3,4)6-11/h7,11H,5-6H2,1-4H3,(H,10,12). The molecule has 0 aliphatic heterocycles. The van der Waals surface area contributed by atoms with Crippen molar-refractivity contribution in [1.82, 2.24) is 5.32 Å². The van der Waals surface area contributed by atoms with Crippen molar-refractivity contribution in [2.45, 2.75) is 27.7 Å². The zero-order valence-electron chi connectivity index (χ0n) is 8.35. The highest BCUT2D eigenvalue weighted by Crippen LogP contribution is 2.11. The molecule has 0 aromatic rings. The lowest BCUT2D eigenvalue weighted by molar-refractivity contribution is -0.124. The van der Waals surface area contributed by atoms with Gasteiger partial charge >= 0.3 is 0 Å². The molecule has 0 heterocycles. The first-order valence-electron chi connectivity index (χ1n) is 4.27. The maximum Gasteiger partial charge on any atom is 0.222 e. The normalized spacial score (nSPS) is 11.8. The molecule has 0 atom stereocenters. The van der Waals surface area contributed by atoms with Crippen LogP contribution in [0.4, 0.5) is 0 Å². The highest BCUT2D eigenvalue weighted by atomic mass is 16.3. The van der Waals surface area contributed by atoms with Gasteiger partial charge in [0.1, 0.15) is 0 Å². The highest BCUT2D eigenvalue weighted by Gasteiger charge is 2.18. The molecule has 0 aromatic heterocycles. The van der Waals surface area contributed by atoms with E-state index in [0.717, 1.165) is 0 Å². The SMILES string of the molecule is CC(C)C(=O)NCC(C)(C)CO. The molecule has 0 spiro atoms. The van der Waals surface area contributed by atoms with Gasteiger partial charge in [-0.15, -0.1) is 0 Å². The summed E-state index contributed by atoms with van der Waals surface area (Å²) in [7, 11) is 0. The van der Waals surface area contributed by atoms with Gasteiger partial charge in [-0.3, -0.25) is 4.79 Å². The Kier molecular flexibility index (Phi) is 4.24. The number of aliphatic hydroxyl groups is 1. The largest absolute Gasteiger partial charge is 0.396 e. The first-order valence-corrected chi connectivity index (χ1v) is 4.27. The Morgan fingerprint density at radius 1 is 1.50 bits per heavy atom. The van der Waals surface area contributed by atoms with Crippen molar-refractivity contribution in [2.24, 2.45) is 11.3 Å². The van der Waals surface area contributed by atoms with Gasteiger partial charge in [-0.1, -0.05) is 27.7 Å². The zero-order valence-corrected chi connectivity index (χ0v) is 8.35. The molecule has 0 unspecified atom stereocenters. The fourth-order valence-electron chi connectivity index (χ4n) is 0.586. The van der Waals surface area contributed by atoms with E-state index in [9.17, 15) is 4.79 Å². The molecule has 0 radical (unpaired) electrons. The van der Waals surface area contributed by atoms with Crippen LogP contribution in [-0.2, 0) is 4.79 Å². The number of hydrogen-bond donors (Lipinski definition) is 2. The number of nitrogens with one attached hydrogen (secondary N) is 1. The molecule has 72 valence electrons. The summed E-state index contributed by atoms with van der Waals surface area (Å²) >= 11 is 0. The molecule has 0 bridgehead atoms. The first-order chi connectivity index (χ1) is 5.39. The van der Waals surface area contributed by atoms with Crippen LogP contribution in [0, 0.1) is 11.3 Å². The van der Waals surface area contributed by atoms with Crippen LogP contribution in [-0.4, -0.2) is 24.2 Å². The maximum absolute atomic E-state index is 11.1. The fourth-order valence-corrected chi connectivity index (χ4v) is 0.586. The van der Waals surface area contributed by atoms with E-state index in [0.29, 0.717) is 6.54 Å². The van der Waals surface area contributed by atoms with Crippen molar-refractivity contribution in [3.05, 3.63) is 0 Å². The van der Waals surface area contributed by atoms with E-state index in [-0.39, 0.29) is 23.8 Å². The topological polar surface area (TPSA) is 49.3 Å². The third kappa shape index (κ3) is 4.34. The highest BCUT2D eigenvalue weighted by molar-refractivity contribution is 5.77. The molecule has 0 aliphatic rings. The Hall–Kier alpha value is -0.570. The molecule has 0 saturated heterocycles. The average molecular weight is 173 g/mol.